The molecule has 2 aromatic rings. The van der Waals surface area contributed by atoms with Crippen molar-refractivity contribution in [3.05, 3.63) is 64.7 Å². The van der Waals surface area contributed by atoms with E-state index in [0.717, 1.165) is 16.7 Å². The Balaban J connectivity index is 2.20. The van der Waals surface area contributed by atoms with E-state index in [-0.39, 0.29) is 18.0 Å². The molecular weight excluding hydrogens is 338 g/mol. The second-order valence-electron chi connectivity index (χ2n) is 5.94. The number of nitrogens with zero attached hydrogens (tertiary/aromatic N) is 1. The van der Waals surface area contributed by atoms with Crippen LogP contribution in [-0.4, -0.2) is 32.3 Å². The molecule has 0 heterocycles. The largest absolute Gasteiger partial charge is 0.462 e. The Bertz CT molecular complexity index is 857. The van der Waals surface area contributed by atoms with E-state index in [1.165, 1.54) is 28.6 Å². The number of carbonyl (C=O) groups is 1. The highest BCUT2D eigenvalue weighted by molar-refractivity contribution is 7.89. The third kappa shape index (κ3) is 4.46. The maximum absolute atomic E-state index is 12.7. The molecule has 0 aromatic heterocycles. The van der Waals surface area contributed by atoms with E-state index in [2.05, 4.69) is 0 Å². The first-order chi connectivity index (χ1) is 11.8. The van der Waals surface area contributed by atoms with Crippen LogP contribution in [0.4, 0.5) is 0 Å². The Morgan fingerprint density at radius 2 is 1.72 bits per heavy atom. The van der Waals surface area contributed by atoms with Gasteiger partial charge in [0.15, 0.2) is 0 Å². The zero-order chi connectivity index (χ0) is 18.6. The van der Waals surface area contributed by atoms with Crippen LogP contribution in [0.25, 0.3) is 0 Å². The molecule has 0 saturated carbocycles. The summed E-state index contributed by atoms with van der Waals surface area (Å²) >= 11 is 0. The summed E-state index contributed by atoms with van der Waals surface area (Å²) in [7, 11) is -2.09. The van der Waals surface area contributed by atoms with Crippen LogP contribution in [0, 0.1) is 13.8 Å². The molecule has 0 bridgehead atoms. The van der Waals surface area contributed by atoms with Gasteiger partial charge in [-0.25, -0.2) is 13.2 Å². The fourth-order valence-corrected chi connectivity index (χ4v) is 3.65. The van der Waals surface area contributed by atoms with E-state index in [9.17, 15) is 13.2 Å². The third-order valence-electron chi connectivity index (χ3n) is 3.96. The minimum Gasteiger partial charge on any atom is -0.462 e. The van der Waals surface area contributed by atoms with Crippen LogP contribution in [0.1, 0.15) is 34.0 Å². The molecular formula is C19H23NO4S. The lowest BCUT2D eigenvalue weighted by Crippen LogP contribution is -2.27. The van der Waals surface area contributed by atoms with Gasteiger partial charge in [-0.05, 0) is 56.2 Å². The Hall–Kier alpha value is -2.18. The maximum Gasteiger partial charge on any atom is 0.338 e. The highest BCUT2D eigenvalue weighted by atomic mass is 32.2. The van der Waals surface area contributed by atoms with Crippen molar-refractivity contribution in [1.29, 1.82) is 0 Å². The van der Waals surface area contributed by atoms with Crippen LogP contribution in [0.5, 0.6) is 0 Å². The molecule has 0 amide bonds. The maximum atomic E-state index is 12.7. The van der Waals surface area contributed by atoms with E-state index >= 15 is 0 Å². The molecule has 0 spiro atoms. The Morgan fingerprint density at radius 3 is 2.28 bits per heavy atom. The van der Waals surface area contributed by atoms with Crippen molar-refractivity contribution in [2.24, 2.45) is 0 Å². The molecule has 25 heavy (non-hydrogen) atoms. The molecule has 0 saturated heterocycles. The lowest BCUT2D eigenvalue weighted by Gasteiger charge is -2.19. The van der Waals surface area contributed by atoms with Crippen molar-refractivity contribution in [2.45, 2.75) is 32.2 Å². The van der Waals surface area contributed by atoms with Gasteiger partial charge in [0.25, 0.3) is 0 Å². The first kappa shape index (κ1) is 19.1. The zero-order valence-electron chi connectivity index (χ0n) is 14.9. The number of esters is 1. The van der Waals surface area contributed by atoms with Gasteiger partial charge >= 0.3 is 5.97 Å². The van der Waals surface area contributed by atoms with Crippen molar-refractivity contribution in [1.82, 2.24) is 4.31 Å². The van der Waals surface area contributed by atoms with Crippen molar-refractivity contribution in [3.8, 4) is 0 Å². The molecule has 0 radical (unpaired) electrons. The van der Waals surface area contributed by atoms with E-state index in [0.29, 0.717) is 5.56 Å². The zero-order valence-corrected chi connectivity index (χ0v) is 15.8. The van der Waals surface area contributed by atoms with Gasteiger partial charge in [0.2, 0.25) is 10.0 Å². The lowest BCUT2D eigenvalue weighted by molar-refractivity contribution is 0.0526. The summed E-state index contributed by atoms with van der Waals surface area (Å²) < 4.78 is 31.7. The molecule has 0 unspecified atom stereocenters. The number of benzene rings is 2. The molecule has 2 aromatic carbocycles. The van der Waals surface area contributed by atoms with Crippen LogP contribution in [-0.2, 0) is 21.3 Å². The summed E-state index contributed by atoms with van der Waals surface area (Å²) in [5.41, 5.74) is 3.48. The molecule has 0 aliphatic carbocycles. The fraction of sp³-hybridized carbons (Fsp3) is 0.316. The van der Waals surface area contributed by atoms with Gasteiger partial charge in [0.1, 0.15) is 0 Å². The van der Waals surface area contributed by atoms with Gasteiger partial charge in [-0.3, -0.25) is 0 Å². The molecule has 0 aliphatic heterocycles. The first-order valence-electron chi connectivity index (χ1n) is 8.05. The van der Waals surface area contributed by atoms with Crippen LogP contribution in [0.3, 0.4) is 0 Å². The molecule has 0 fully saturated rings. The average Bonchev–Trinajstić information content (AvgIpc) is 2.57. The number of carbonyl (C=O) groups excluding carboxylic acids is 1. The lowest BCUT2D eigenvalue weighted by atomic mass is 10.1. The molecule has 134 valence electrons. The van der Waals surface area contributed by atoms with Crippen LogP contribution in [0.2, 0.25) is 0 Å². The number of hydrogen-bond acceptors (Lipinski definition) is 4. The topological polar surface area (TPSA) is 63.7 Å². The summed E-state index contributed by atoms with van der Waals surface area (Å²) in [6, 6.07) is 11.7. The molecule has 2 rings (SSSR count). The number of sulfonamides is 1. The van der Waals surface area contributed by atoms with Crippen molar-refractivity contribution in [3.63, 3.8) is 0 Å². The highest BCUT2D eigenvalue weighted by Crippen LogP contribution is 2.20. The molecule has 0 atom stereocenters. The van der Waals surface area contributed by atoms with Crippen molar-refractivity contribution < 1.29 is 17.9 Å². The number of rotatable bonds is 6. The van der Waals surface area contributed by atoms with Gasteiger partial charge in [-0.2, -0.15) is 4.31 Å². The summed E-state index contributed by atoms with van der Waals surface area (Å²) in [6.45, 7) is 6.25. The van der Waals surface area contributed by atoms with Crippen LogP contribution in [0.15, 0.2) is 47.4 Å². The van der Waals surface area contributed by atoms with Gasteiger partial charge in [-0.15, -0.1) is 0 Å². The van der Waals surface area contributed by atoms with E-state index in [1.54, 1.807) is 14.0 Å². The summed E-state index contributed by atoms with van der Waals surface area (Å²) in [6.07, 6.45) is 0. The van der Waals surface area contributed by atoms with Gasteiger partial charge in [0.05, 0.1) is 17.1 Å². The predicted octanol–water partition coefficient (Wildman–Crippen LogP) is 3.30. The summed E-state index contributed by atoms with van der Waals surface area (Å²) in [4.78, 5) is 11.8. The first-order valence-corrected chi connectivity index (χ1v) is 9.49. The standard InChI is InChI=1S/C19H23NO4S/c1-5-24-19(21)16-8-10-18(11-9-16)25(22,23)20(4)13-17-7-6-14(2)12-15(17)3/h6-12H,5,13H2,1-4H3. The number of aryl methyl sites for hydroxylation is 2. The molecule has 0 N–H and O–H groups in total. The Morgan fingerprint density at radius 1 is 1.08 bits per heavy atom. The van der Waals surface area contributed by atoms with E-state index in [1.807, 2.05) is 32.0 Å². The molecule has 0 aliphatic rings. The van der Waals surface area contributed by atoms with Crippen molar-refractivity contribution in [2.75, 3.05) is 13.7 Å². The smallest absolute Gasteiger partial charge is 0.338 e. The normalized spacial score (nSPS) is 11.6. The van der Waals surface area contributed by atoms with Crippen LogP contribution >= 0.6 is 0 Å². The second-order valence-corrected chi connectivity index (χ2v) is 7.98. The molecule has 5 nitrogen and oxygen atoms in total. The second kappa shape index (κ2) is 7.80. The quantitative estimate of drug-likeness (QED) is 0.741. The number of hydrogen-bond donors (Lipinski definition) is 0. The van der Waals surface area contributed by atoms with E-state index in [4.69, 9.17) is 4.74 Å². The predicted molar refractivity (Wildman–Crippen MR) is 97.0 cm³/mol. The summed E-state index contributed by atoms with van der Waals surface area (Å²) in [5, 5.41) is 0. The minimum absolute atomic E-state index is 0.146. The van der Waals surface area contributed by atoms with Gasteiger partial charge in [0, 0.05) is 13.6 Å². The SMILES string of the molecule is CCOC(=O)c1ccc(S(=O)(=O)N(C)Cc2ccc(C)cc2C)cc1. The number of ether oxygens (including phenoxy) is 1. The van der Waals surface area contributed by atoms with E-state index < -0.39 is 16.0 Å². The van der Waals surface area contributed by atoms with Gasteiger partial charge in [-0.1, -0.05) is 23.8 Å². The van der Waals surface area contributed by atoms with Crippen molar-refractivity contribution >= 4 is 16.0 Å². The highest BCUT2D eigenvalue weighted by Gasteiger charge is 2.22. The van der Waals surface area contributed by atoms with Gasteiger partial charge < -0.3 is 4.74 Å². The molecule has 6 heteroatoms. The third-order valence-corrected chi connectivity index (χ3v) is 5.78. The van der Waals surface area contributed by atoms with Crippen LogP contribution < -0.4 is 0 Å². The Labute approximate surface area is 149 Å². The fourth-order valence-electron chi connectivity index (χ4n) is 2.51. The Kier molecular flexibility index (Phi) is 5.98. The average molecular weight is 361 g/mol. The minimum atomic E-state index is -3.64. The summed E-state index contributed by atoms with van der Waals surface area (Å²) in [5.74, 6) is -0.463. The monoisotopic (exact) mass is 361 g/mol.